The second-order valence-corrected chi connectivity index (χ2v) is 6.06. The Hall–Kier alpha value is -0.520. The number of ether oxygens (including phenoxy) is 1. The summed E-state index contributed by atoms with van der Waals surface area (Å²) in [7, 11) is 0. The lowest BCUT2D eigenvalue weighted by molar-refractivity contribution is -0.129. The van der Waals surface area contributed by atoms with Gasteiger partial charge in [0.1, 0.15) is 6.10 Å². The maximum atomic E-state index is 11.6. The highest BCUT2D eigenvalue weighted by atomic mass is 32.2. The summed E-state index contributed by atoms with van der Waals surface area (Å²) in [6.07, 6.45) is 1.68. The molecule has 0 aromatic carbocycles. The highest BCUT2D eigenvalue weighted by molar-refractivity contribution is 7.98. The molecular formula is C12H17NO2S2. The second kappa shape index (κ2) is 7.03. The summed E-state index contributed by atoms with van der Waals surface area (Å²) in [5, 5.41) is 5.02. The molecule has 1 N–H and O–H groups in total. The Bertz CT molecular complexity index is 334. The molecule has 1 aromatic rings. The minimum atomic E-state index is -0.197. The van der Waals surface area contributed by atoms with Crippen molar-refractivity contribution in [2.24, 2.45) is 0 Å². The van der Waals surface area contributed by atoms with E-state index in [0.29, 0.717) is 0 Å². The molecular weight excluding hydrogens is 254 g/mol. The van der Waals surface area contributed by atoms with Gasteiger partial charge < -0.3 is 10.1 Å². The summed E-state index contributed by atoms with van der Waals surface area (Å²) in [4.78, 5) is 13.0. The van der Waals surface area contributed by atoms with Crippen LogP contribution in [-0.2, 0) is 15.3 Å². The Labute approximate surface area is 110 Å². The first kappa shape index (κ1) is 12.9. The normalized spacial score (nSPS) is 19.4. The standard InChI is InChI=1S/C12H17NO2S2/c14-12(11-4-1-6-15-11)13-5-8-16-9-10-3-2-7-17-10/h2-3,7,11H,1,4-6,8-9H2,(H,13,14)/t11-/m1/s1. The number of thioether (sulfide) groups is 1. The van der Waals surface area contributed by atoms with Crippen LogP contribution in [0.4, 0.5) is 0 Å². The molecule has 1 aliphatic rings. The van der Waals surface area contributed by atoms with Gasteiger partial charge in [-0.3, -0.25) is 4.79 Å². The van der Waals surface area contributed by atoms with Crippen LogP contribution in [0.5, 0.6) is 0 Å². The molecule has 1 saturated heterocycles. The molecule has 0 bridgehead atoms. The van der Waals surface area contributed by atoms with Crippen LogP contribution in [0, 0.1) is 0 Å². The van der Waals surface area contributed by atoms with Crippen LogP contribution in [0.25, 0.3) is 0 Å². The van der Waals surface area contributed by atoms with Gasteiger partial charge in [-0.2, -0.15) is 11.8 Å². The Balaban J connectivity index is 1.52. The number of rotatable bonds is 6. The largest absolute Gasteiger partial charge is 0.368 e. The Morgan fingerprint density at radius 2 is 2.59 bits per heavy atom. The SMILES string of the molecule is O=C(NCCSCc1cccs1)[C@H]1CCCO1. The third-order valence-corrected chi connectivity index (χ3v) is 4.66. The summed E-state index contributed by atoms with van der Waals surface area (Å²) in [5.41, 5.74) is 0. The van der Waals surface area contributed by atoms with Crippen LogP contribution in [0.2, 0.25) is 0 Å². The lowest BCUT2D eigenvalue weighted by atomic mass is 10.2. The number of carbonyl (C=O) groups is 1. The van der Waals surface area contributed by atoms with Crippen molar-refractivity contribution in [1.29, 1.82) is 0 Å². The third kappa shape index (κ3) is 4.33. The van der Waals surface area contributed by atoms with Crippen LogP contribution in [-0.4, -0.2) is 30.9 Å². The summed E-state index contributed by atoms with van der Waals surface area (Å²) in [5.74, 6) is 2.04. The van der Waals surface area contributed by atoms with E-state index >= 15 is 0 Å². The monoisotopic (exact) mass is 271 g/mol. The van der Waals surface area contributed by atoms with E-state index in [9.17, 15) is 4.79 Å². The van der Waals surface area contributed by atoms with Gasteiger partial charge in [-0.1, -0.05) is 6.07 Å². The van der Waals surface area contributed by atoms with E-state index in [-0.39, 0.29) is 12.0 Å². The predicted molar refractivity (Wildman–Crippen MR) is 72.5 cm³/mol. The van der Waals surface area contributed by atoms with Crippen LogP contribution in [0.3, 0.4) is 0 Å². The quantitative estimate of drug-likeness (QED) is 0.807. The summed E-state index contributed by atoms with van der Waals surface area (Å²) in [6.45, 7) is 1.46. The fourth-order valence-electron chi connectivity index (χ4n) is 1.71. The number of hydrogen-bond acceptors (Lipinski definition) is 4. The molecule has 0 radical (unpaired) electrons. The van der Waals surface area contributed by atoms with Gasteiger partial charge >= 0.3 is 0 Å². The van der Waals surface area contributed by atoms with Gasteiger partial charge in [0.2, 0.25) is 5.91 Å². The van der Waals surface area contributed by atoms with Crippen LogP contribution >= 0.6 is 23.1 Å². The minimum Gasteiger partial charge on any atom is -0.368 e. The topological polar surface area (TPSA) is 38.3 Å². The molecule has 1 aromatic heterocycles. The lowest BCUT2D eigenvalue weighted by Crippen LogP contribution is -2.35. The van der Waals surface area contributed by atoms with Crippen LogP contribution < -0.4 is 5.32 Å². The number of carbonyl (C=O) groups excluding carboxylic acids is 1. The molecule has 1 fully saturated rings. The molecule has 2 rings (SSSR count). The Morgan fingerprint density at radius 1 is 1.65 bits per heavy atom. The van der Waals surface area contributed by atoms with Gasteiger partial charge in [-0.15, -0.1) is 11.3 Å². The highest BCUT2D eigenvalue weighted by Crippen LogP contribution is 2.16. The number of nitrogens with one attached hydrogen (secondary N) is 1. The summed E-state index contributed by atoms with van der Waals surface area (Å²) in [6, 6.07) is 4.21. The van der Waals surface area contributed by atoms with Gasteiger partial charge in [-0.05, 0) is 24.3 Å². The average molecular weight is 271 g/mol. The van der Waals surface area contributed by atoms with Crippen molar-refractivity contribution in [3.8, 4) is 0 Å². The minimum absolute atomic E-state index is 0.0548. The molecule has 0 saturated carbocycles. The molecule has 0 unspecified atom stereocenters. The second-order valence-electron chi connectivity index (χ2n) is 3.92. The zero-order valence-corrected chi connectivity index (χ0v) is 11.3. The first-order valence-electron chi connectivity index (χ1n) is 5.86. The fourth-order valence-corrected chi connectivity index (χ4v) is 3.41. The van der Waals surface area contributed by atoms with Crippen molar-refractivity contribution in [3.63, 3.8) is 0 Å². The van der Waals surface area contributed by atoms with Gasteiger partial charge in [0.05, 0.1) is 0 Å². The van der Waals surface area contributed by atoms with E-state index in [4.69, 9.17) is 4.74 Å². The van der Waals surface area contributed by atoms with Crippen LogP contribution in [0.1, 0.15) is 17.7 Å². The van der Waals surface area contributed by atoms with E-state index in [0.717, 1.165) is 37.5 Å². The molecule has 0 aliphatic carbocycles. The number of thiophene rings is 1. The van der Waals surface area contributed by atoms with Crippen molar-refractivity contribution in [2.45, 2.75) is 24.7 Å². The predicted octanol–water partition coefficient (Wildman–Crippen LogP) is 2.28. The molecule has 5 heteroatoms. The number of amides is 1. The van der Waals surface area contributed by atoms with E-state index in [1.165, 1.54) is 4.88 Å². The van der Waals surface area contributed by atoms with Crippen molar-refractivity contribution in [1.82, 2.24) is 5.32 Å². The first-order valence-corrected chi connectivity index (χ1v) is 7.89. The molecule has 0 spiro atoms. The zero-order valence-electron chi connectivity index (χ0n) is 9.69. The third-order valence-electron chi connectivity index (χ3n) is 2.59. The van der Waals surface area contributed by atoms with E-state index in [1.807, 2.05) is 11.8 Å². The summed E-state index contributed by atoms with van der Waals surface area (Å²) >= 11 is 3.63. The molecule has 94 valence electrons. The van der Waals surface area contributed by atoms with Gasteiger partial charge in [-0.25, -0.2) is 0 Å². The van der Waals surface area contributed by atoms with Crippen molar-refractivity contribution >= 4 is 29.0 Å². The van der Waals surface area contributed by atoms with Gasteiger partial charge in [0, 0.05) is 29.5 Å². The zero-order chi connectivity index (χ0) is 11.9. The maximum absolute atomic E-state index is 11.6. The van der Waals surface area contributed by atoms with E-state index in [1.54, 1.807) is 11.3 Å². The Morgan fingerprint density at radius 3 is 3.29 bits per heavy atom. The summed E-state index contributed by atoms with van der Waals surface area (Å²) < 4.78 is 5.31. The molecule has 1 aliphatic heterocycles. The molecule has 1 amide bonds. The lowest BCUT2D eigenvalue weighted by Gasteiger charge is -2.09. The Kier molecular flexibility index (Phi) is 5.35. The fraction of sp³-hybridized carbons (Fsp3) is 0.583. The molecule has 2 heterocycles. The van der Waals surface area contributed by atoms with Gasteiger partial charge in [0.15, 0.2) is 0 Å². The van der Waals surface area contributed by atoms with Crippen LogP contribution in [0.15, 0.2) is 17.5 Å². The molecule has 17 heavy (non-hydrogen) atoms. The van der Waals surface area contributed by atoms with Crippen molar-refractivity contribution in [2.75, 3.05) is 18.9 Å². The smallest absolute Gasteiger partial charge is 0.249 e. The maximum Gasteiger partial charge on any atom is 0.249 e. The molecule has 1 atom stereocenters. The number of hydrogen-bond donors (Lipinski definition) is 1. The molecule has 3 nitrogen and oxygen atoms in total. The first-order chi connectivity index (χ1) is 8.36. The van der Waals surface area contributed by atoms with E-state index in [2.05, 4.69) is 22.8 Å². The highest BCUT2D eigenvalue weighted by Gasteiger charge is 2.22. The van der Waals surface area contributed by atoms with Crippen molar-refractivity contribution < 1.29 is 9.53 Å². The van der Waals surface area contributed by atoms with Gasteiger partial charge in [0.25, 0.3) is 0 Å². The van der Waals surface area contributed by atoms with E-state index < -0.39 is 0 Å². The van der Waals surface area contributed by atoms with Crippen molar-refractivity contribution in [3.05, 3.63) is 22.4 Å². The average Bonchev–Trinajstić information content (AvgIpc) is 3.01.